The number of ether oxygens (including phenoxy) is 1. The van der Waals surface area contributed by atoms with Crippen molar-refractivity contribution in [2.24, 2.45) is 0 Å². The smallest absolute Gasteiger partial charge is 0.417 e. The summed E-state index contributed by atoms with van der Waals surface area (Å²) >= 11 is 3.07. The number of nitrogens with zero attached hydrogens (tertiary/aromatic N) is 1. The molecule has 0 aliphatic heterocycles. The van der Waals surface area contributed by atoms with Gasteiger partial charge in [-0.1, -0.05) is 15.9 Å². The van der Waals surface area contributed by atoms with Crippen LogP contribution in [0.2, 0.25) is 0 Å². The van der Waals surface area contributed by atoms with E-state index in [4.69, 9.17) is 10.00 Å². The Balaban J connectivity index is 3.45. The molecule has 0 spiro atoms. The van der Waals surface area contributed by atoms with Gasteiger partial charge in [0.1, 0.15) is 5.75 Å². The topological polar surface area (TPSA) is 33.0 Å². The Morgan fingerprint density at radius 2 is 2.06 bits per heavy atom. The van der Waals surface area contributed by atoms with E-state index in [-0.39, 0.29) is 11.1 Å². The molecule has 1 rings (SSSR count). The largest absolute Gasteiger partial charge is 0.496 e. The Hall–Kier alpha value is -1.22. The van der Waals surface area contributed by atoms with Crippen LogP contribution in [-0.2, 0) is 11.5 Å². The molecule has 0 unspecified atom stereocenters. The van der Waals surface area contributed by atoms with Gasteiger partial charge in [0.25, 0.3) is 0 Å². The van der Waals surface area contributed by atoms with Crippen LogP contribution in [0, 0.1) is 11.3 Å². The maximum atomic E-state index is 12.6. The van der Waals surface area contributed by atoms with Gasteiger partial charge in [0, 0.05) is 10.9 Å². The molecule has 6 heteroatoms. The van der Waals surface area contributed by atoms with Crippen LogP contribution in [0.4, 0.5) is 13.2 Å². The number of benzene rings is 1. The molecule has 0 aromatic heterocycles. The first-order valence-corrected chi connectivity index (χ1v) is 5.30. The number of methoxy groups -OCH3 is 1. The van der Waals surface area contributed by atoms with Gasteiger partial charge in [-0.05, 0) is 12.1 Å². The summed E-state index contributed by atoms with van der Waals surface area (Å²) in [6, 6.07) is 3.53. The summed E-state index contributed by atoms with van der Waals surface area (Å²) in [5.41, 5.74) is -1.02. The van der Waals surface area contributed by atoms with E-state index in [9.17, 15) is 13.2 Å². The maximum Gasteiger partial charge on any atom is 0.417 e. The molecular weight excluding hydrogens is 287 g/mol. The molecule has 0 aliphatic rings. The summed E-state index contributed by atoms with van der Waals surface area (Å²) < 4.78 is 42.6. The van der Waals surface area contributed by atoms with Gasteiger partial charge in [0.2, 0.25) is 0 Å². The molecule has 0 saturated carbocycles. The first kappa shape index (κ1) is 12.8. The van der Waals surface area contributed by atoms with Crippen molar-refractivity contribution in [1.82, 2.24) is 0 Å². The molecule has 0 N–H and O–H groups in total. The predicted octanol–water partition coefficient (Wildman–Crippen LogP) is 3.48. The molecule has 0 bridgehead atoms. The van der Waals surface area contributed by atoms with Crippen LogP contribution < -0.4 is 4.74 Å². The average molecular weight is 294 g/mol. The van der Waals surface area contributed by atoms with Crippen molar-refractivity contribution in [3.63, 3.8) is 0 Å². The Morgan fingerprint density at radius 3 is 2.44 bits per heavy atom. The van der Waals surface area contributed by atoms with Crippen molar-refractivity contribution in [2.45, 2.75) is 11.5 Å². The zero-order valence-corrected chi connectivity index (χ0v) is 9.82. The summed E-state index contributed by atoms with van der Waals surface area (Å²) in [5, 5.41) is 8.88. The Labute approximate surface area is 98.8 Å². The van der Waals surface area contributed by atoms with Crippen LogP contribution in [-0.4, -0.2) is 7.11 Å². The van der Waals surface area contributed by atoms with E-state index in [1.165, 1.54) is 13.2 Å². The van der Waals surface area contributed by atoms with Gasteiger partial charge in [-0.3, -0.25) is 0 Å². The highest BCUT2D eigenvalue weighted by molar-refractivity contribution is 9.08. The highest BCUT2D eigenvalue weighted by atomic mass is 79.9. The quantitative estimate of drug-likeness (QED) is 0.782. The lowest BCUT2D eigenvalue weighted by molar-refractivity contribution is -0.137. The molecular formula is C10H7BrF3NO. The molecule has 0 saturated heterocycles. The second-order valence-corrected chi connectivity index (χ2v) is 3.51. The fourth-order valence-corrected chi connectivity index (χ4v) is 1.68. The molecule has 86 valence electrons. The standard InChI is InChI=1S/C10H7BrF3NO/c1-16-9-3-7(5-15)8(10(12,13)14)2-6(9)4-11/h2-3H,4H2,1H3. The van der Waals surface area contributed by atoms with Gasteiger partial charge < -0.3 is 4.74 Å². The van der Waals surface area contributed by atoms with Crippen molar-refractivity contribution >= 4 is 15.9 Å². The van der Waals surface area contributed by atoms with E-state index in [1.54, 1.807) is 0 Å². The van der Waals surface area contributed by atoms with Gasteiger partial charge in [-0.15, -0.1) is 0 Å². The highest BCUT2D eigenvalue weighted by Gasteiger charge is 2.34. The minimum Gasteiger partial charge on any atom is -0.496 e. The third-order valence-electron chi connectivity index (χ3n) is 1.99. The molecule has 2 nitrogen and oxygen atoms in total. The van der Waals surface area contributed by atoms with Crippen LogP contribution in [0.3, 0.4) is 0 Å². The lowest BCUT2D eigenvalue weighted by Crippen LogP contribution is -2.09. The minimum absolute atomic E-state index is 0.227. The molecule has 1 aromatic carbocycles. The van der Waals surface area contributed by atoms with Gasteiger partial charge in [0.05, 0.1) is 24.3 Å². The van der Waals surface area contributed by atoms with Crippen LogP contribution in [0.5, 0.6) is 5.75 Å². The average Bonchev–Trinajstić information content (AvgIpc) is 2.25. The fraction of sp³-hybridized carbons (Fsp3) is 0.300. The van der Waals surface area contributed by atoms with Crippen LogP contribution in [0.15, 0.2) is 12.1 Å². The first-order valence-electron chi connectivity index (χ1n) is 4.18. The molecule has 0 atom stereocenters. The normalized spacial score (nSPS) is 11.0. The predicted molar refractivity (Wildman–Crippen MR) is 55.3 cm³/mol. The Kier molecular flexibility index (Phi) is 3.81. The van der Waals surface area contributed by atoms with Crippen molar-refractivity contribution in [2.75, 3.05) is 7.11 Å². The van der Waals surface area contributed by atoms with E-state index in [0.29, 0.717) is 5.56 Å². The van der Waals surface area contributed by atoms with Gasteiger partial charge in [0.15, 0.2) is 0 Å². The summed E-state index contributed by atoms with van der Waals surface area (Å²) in [6.07, 6.45) is -4.53. The lowest BCUT2D eigenvalue weighted by Gasteiger charge is -2.13. The Bertz CT molecular complexity index is 437. The van der Waals surface area contributed by atoms with Gasteiger partial charge in [-0.25, -0.2) is 0 Å². The van der Waals surface area contributed by atoms with Crippen LogP contribution in [0.1, 0.15) is 16.7 Å². The van der Waals surface area contributed by atoms with E-state index in [1.807, 2.05) is 0 Å². The van der Waals surface area contributed by atoms with Gasteiger partial charge in [-0.2, -0.15) is 18.4 Å². The van der Waals surface area contributed by atoms with Crippen molar-refractivity contribution in [3.05, 3.63) is 28.8 Å². The number of hydrogen-bond donors (Lipinski definition) is 0. The SMILES string of the molecule is COc1cc(C#N)c(C(F)(F)F)cc1CBr. The monoisotopic (exact) mass is 293 g/mol. The summed E-state index contributed by atoms with van der Waals surface area (Å²) in [4.78, 5) is 0. The van der Waals surface area contributed by atoms with E-state index in [2.05, 4.69) is 15.9 Å². The molecule has 1 aromatic rings. The van der Waals surface area contributed by atoms with E-state index in [0.717, 1.165) is 12.1 Å². The van der Waals surface area contributed by atoms with E-state index >= 15 is 0 Å². The summed E-state index contributed by atoms with van der Waals surface area (Å²) in [5.74, 6) is 0.265. The molecule has 0 fully saturated rings. The Morgan fingerprint density at radius 1 is 1.44 bits per heavy atom. The maximum absolute atomic E-state index is 12.6. The second kappa shape index (κ2) is 4.74. The summed E-state index contributed by atoms with van der Waals surface area (Å²) in [7, 11) is 1.34. The molecule has 0 radical (unpaired) electrons. The van der Waals surface area contributed by atoms with Crippen LogP contribution in [0.25, 0.3) is 0 Å². The number of halogens is 4. The molecule has 0 aliphatic carbocycles. The highest BCUT2D eigenvalue weighted by Crippen LogP contribution is 2.36. The zero-order chi connectivity index (χ0) is 12.3. The number of nitriles is 1. The third kappa shape index (κ3) is 2.47. The third-order valence-corrected chi connectivity index (χ3v) is 2.59. The number of alkyl halides is 4. The summed E-state index contributed by atoms with van der Waals surface area (Å²) in [6.45, 7) is 0. The minimum atomic E-state index is -4.53. The molecule has 0 amide bonds. The van der Waals surface area contributed by atoms with Crippen molar-refractivity contribution in [3.8, 4) is 11.8 Å². The first-order chi connectivity index (χ1) is 7.43. The van der Waals surface area contributed by atoms with Crippen molar-refractivity contribution < 1.29 is 17.9 Å². The number of rotatable bonds is 2. The number of hydrogen-bond acceptors (Lipinski definition) is 2. The molecule has 0 heterocycles. The van der Waals surface area contributed by atoms with E-state index < -0.39 is 17.3 Å². The second-order valence-electron chi connectivity index (χ2n) is 2.95. The van der Waals surface area contributed by atoms with Crippen LogP contribution >= 0.6 is 15.9 Å². The lowest BCUT2D eigenvalue weighted by atomic mass is 10.0. The van der Waals surface area contributed by atoms with Crippen molar-refractivity contribution in [1.29, 1.82) is 5.26 Å². The fourth-order valence-electron chi connectivity index (χ4n) is 1.25. The zero-order valence-electron chi connectivity index (χ0n) is 8.23. The molecule has 16 heavy (non-hydrogen) atoms. The van der Waals surface area contributed by atoms with Gasteiger partial charge >= 0.3 is 6.18 Å².